The zero-order chi connectivity index (χ0) is 21.0. The van der Waals surface area contributed by atoms with E-state index < -0.39 is 30.4 Å². The second-order valence-electron chi connectivity index (χ2n) is 7.87. The molecule has 0 spiro atoms. The van der Waals surface area contributed by atoms with E-state index in [1.54, 1.807) is 31.2 Å². The number of hydrogen-bond acceptors (Lipinski definition) is 5. The molecule has 1 saturated carbocycles. The lowest BCUT2D eigenvalue weighted by atomic mass is 9.95. The highest BCUT2D eigenvalue weighted by Crippen LogP contribution is 2.28. The van der Waals surface area contributed by atoms with Gasteiger partial charge in [0.25, 0.3) is 17.7 Å². The number of carbonyl (C=O) groups is 4. The highest BCUT2D eigenvalue weighted by molar-refractivity contribution is 6.22. The van der Waals surface area contributed by atoms with Crippen LogP contribution in [0.5, 0.6) is 0 Å². The van der Waals surface area contributed by atoms with Crippen molar-refractivity contribution in [1.29, 1.82) is 0 Å². The lowest BCUT2D eigenvalue weighted by molar-refractivity contribution is -0.154. The third-order valence-electron chi connectivity index (χ3n) is 5.84. The van der Waals surface area contributed by atoms with Crippen LogP contribution in [-0.4, -0.2) is 47.3 Å². The molecule has 1 heterocycles. The molecule has 1 fully saturated rings. The summed E-state index contributed by atoms with van der Waals surface area (Å²) in [6, 6.07) is 5.57. The van der Waals surface area contributed by atoms with Gasteiger partial charge in [-0.3, -0.25) is 19.3 Å². The molecule has 156 valence electrons. The first kappa shape index (κ1) is 21.0. The molecule has 1 aliphatic heterocycles. The van der Waals surface area contributed by atoms with Crippen molar-refractivity contribution in [2.45, 2.75) is 64.5 Å². The Hall–Kier alpha value is -2.70. The number of rotatable bonds is 7. The van der Waals surface area contributed by atoms with Gasteiger partial charge in [-0.2, -0.15) is 0 Å². The molecule has 29 heavy (non-hydrogen) atoms. The SMILES string of the molecule is CCC(C)C(C(=O)OCC(=O)NC1CCCCC1)N1C(=O)c2ccccc2C1=O. The van der Waals surface area contributed by atoms with E-state index in [2.05, 4.69) is 5.32 Å². The van der Waals surface area contributed by atoms with Crippen LogP contribution in [0.1, 0.15) is 73.1 Å². The first-order valence-corrected chi connectivity index (χ1v) is 10.4. The second kappa shape index (κ2) is 9.20. The summed E-state index contributed by atoms with van der Waals surface area (Å²) in [5, 5.41) is 2.89. The van der Waals surface area contributed by atoms with Crippen molar-refractivity contribution >= 4 is 23.7 Å². The van der Waals surface area contributed by atoms with Crippen LogP contribution in [0.25, 0.3) is 0 Å². The Balaban J connectivity index is 1.67. The van der Waals surface area contributed by atoms with E-state index in [0.29, 0.717) is 6.42 Å². The average Bonchev–Trinajstić information content (AvgIpc) is 2.98. The first-order chi connectivity index (χ1) is 13.9. The number of esters is 1. The first-order valence-electron chi connectivity index (χ1n) is 10.4. The molecule has 0 radical (unpaired) electrons. The summed E-state index contributed by atoms with van der Waals surface area (Å²) in [6.07, 6.45) is 5.79. The molecule has 7 heteroatoms. The van der Waals surface area contributed by atoms with Gasteiger partial charge in [-0.1, -0.05) is 51.7 Å². The van der Waals surface area contributed by atoms with Crippen molar-refractivity contribution in [3.8, 4) is 0 Å². The fourth-order valence-electron chi connectivity index (χ4n) is 4.01. The van der Waals surface area contributed by atoms with E-state index in [4.69, 9.17) is 4.74 Å². The van der Waals surface area contributed by atoms with Crippen LogP contribution in [0.4, 0.5) is 0 Å². The van der Waals surface area contributed by atoms with Gasteiger partial charge in [0.05, 0.1) is 11.1 Å². The number of benzene rings is 1. The predicted octanol–water partition coefficient (Wildman–Crippen LogP) is 2.69. The van der Waals surface area contributed by atoms with Crippen molar-refractivity contribution in [3.05, 3.63) is 35.4 Å². The summed E-state index contributed by atoms with van der Waals surface area (Å²) in [5.74, 6) is -2.38. The number of ether oxygens (including phenoxy) is 1. The highest BCUT2D eigenvalue weighted by atomic mass is 16.5. The van der Waals surface area contributed by atoms with Crippen LogP contribution < -0.4 is 5.32 Å². The van der Waals surface area contributed by atoms with Crippen LogP contribution in [0.15, 0.2) is 24.3 Å². The molecule has 3 rings (SSSR count). The second-order valence-corrected chi connectivity index (χ2v) is 7.87. The van der Waals surface area contributed by atoms with Crippen LogP contribution >= 0.6 is 0 Å². The number of nitrogens with one attached hydrogen (secondary N) is 1. The fourth-order valence-corrected chi connectivity index (χ4v) is 4.01. The van der Waals surface area contributed by atoms with Crippen molar-refractivity contribution < 1.29 is 23.9 Å². The van der Waals surface area contributed by atoms with E-state index >= 15 is 0 Å². The van der Waals surface area contributed by atoms with Gasteiger partial charge in [-0.15, -0.1) is 0 Å². The Morgan fingerprint density at radius 3 is 2.24 bits per heavy atom. The molecule has 1 aromatic rings. The van der Waals surface area contributed by atoms with Crippen molar-refractivity contribution in [1.82, 2.24) is 10.2 Å². The molecule has 3 amide bonds. The number of nitrogens with zero attached hydrogens (tertiary/aromatic N) is 1. The highest BCUT2D eigenvalue weighted by Gasteiger charge is 2.45. The summed E-state index contributed by atoms with van der Waals surface area (Å²) < 4.78 is 5.24. The molecule has 1 aromatic carbocycles. The molecule has 2 aliphatic rings. The predicted molar refractivity (Wildman–Crippen MR) is 106 cm³/mol. The lowest BCUT2D eigenvalue weighted by Crippen LogP contribution is -2.50. The minimum atomic E-state index is -1.06. The largest absolute Gasteiger partial charge is 0.454 e. The van der Waals surface area contributed by atoms with Gasteiger partial charge in [-0.05, 0) is 30.9 Å². The third kappa shape index (κ3) is 4.49. The molecule has 2 unspecified atom stereocenters. The van der Waals surface area contributed by atoms with Gasteiger partial charge in [0.15, 0.2) is 6.61 Å². The third-order valence-corrected chi connectivity index (χ3v) is 5.84. The zero-order valence-electron chi connectivity index (χ0n) is 17.0. The van der Waals surface area contributed by atoms with E-state index in [1.165, 1.54) is 6.42 Å². The Labute approximate surface area is 170 Å². The number of hydrogen-bond donors (Lipinski definition) is 1. The van der Waals surface area contributed by atoms with Crippen LogP contribution in [0.3, 0.4) is 0 Å². The standard InChI is InChI=1S/C22H28N2O5/c1-3-14(2)19(24-20(26)16-11-7-8-12-17(16)21(24)27)22(28)29-13-18(25)23-15-9-5-4-6-10-15/h7-8,11-12,14-15,19H,3-6,9-10,13H2,1-2H3,(H,23,25). The molecule has 0 saturated heterocycles. The Bertz CT molecular complexity index is 765. The monoisotopic (exact) mass is 400 g/mol. The average molecular weight is 400 g/mol. The van der Waals surface area contributed by atoms with Crippen LogP contribution in [0.2, 0.25) is 0 Å². The minimum Gasteiger partial charge on any atom is -0.454 e. The lowest BCUT2D eigenvalue weighted by Gasteiger charge is -2.29. The smallest absolute Gasteiger partial charge is 0.330 e. The Morgan fingerprint density at radius 1 is 1.10 bits per heavy atom. The number of carbonyl (C=O) groups excluding carboxylic acids is 4. The van der Waals surface area contributed by atoms with Gasteiger partial charge in [0.1, 0.15) is 6.04 Å². The minimum absolute atomic E-state index is 0.122. The van der Waals surface area contributed by atoms with E-state index in [9.17, 15) is 19.2 Å². The number of imide groups is 1. The van der Waals surface area contributed by atoms with Gasteiger partial charge in [0, 0.05) is 6.04 Å². The molecular formula is C22H28N2O5. The number of fused-ring (bicyclic) bond motifs is 1. The quantitative estimate of drug-likeness (QED) is 0.561. The van der Waals surface area contributed by atoms with Crippen molar-refractivity contribution in [2.75, 3.05) is 6.61 Å². The molecular weight excluding hydrogens is 372 g/mol. The fraction of sp³-hybridized carbons (Fsp3) is 0.545. The van der Waals surface area contributed by atoms with Crippen LogP contribution in [0, 0.1) is 5.92 Å². The summed E-state index contributed by atoms with van der Waals surface area (Å²) in [5.41, 5.74) is 0.572. The summed E-state index contributed by atoms with van der Waals surface area (Å²) in [4.78, 5) is 51.6. The summed E-state index contributed by atoms with van der Waals surface area (Å²) in [6.45, 7) is 3.25. The van der Waals surface area contributed by atoms with Crippen molar-refractivity contribution in [2.24, 2.45) is 5.92 Å². The van der Waals surface area contributed by atoms with E-state index in [-0.39, 0.29) is 29.0 Å². The van der Waals surface area contributed by atoms with Gasteiger partial charge < -0.3 is 10.1 Å². The zero-order valence-corrected chi connectivity index (χ0v) is 17.0. The van der Waals surface area contributed by atoms with E-state index in [0.717, 1.165) is 30.6 Å². The molecule has 0 aromatic heterocycles. The van der Waals surface area contributed by atoms with Gasteiger partial charge >= 0.3 is 5.97 Å². The topological polar surface area (TPSA) is 92.8 Å². The molecule has 2 atom stereocenters. The Morgan fingerprint density at radius 2 is 1.69 bits per heavy atom. The van der Waals surface area contributed by atoms with Crippen LogP contribution in [-0.2, 0) is 14.3 Å². The maximum absolute atomic E-state index is 12.8. The molecule has 0 bridgehead atoms. The maximum Gasteiger partial charge on any atom is 0.330 e. The molecule has 1 aliphatic carbocycles. The Kier molecular flexibility index (Phi) is 6.67. The molecule has 7 nitrogen and oxygen atoms in total. The van der Waals surface area contributed by atoms with E-state index in [1.807, 2.05) is 6.92 Å². The summed E-state index contributed by atoms with van der Waals surface area (Å²) >= 11 is 0. The maximum atomic E-state index is 12.8. The summed E-state index contributed by atoms with van der Waals surface area (Å²) in [7, 11) is 0. The van der Waals surface area contributed by atoms with Gasteiger partial charge in [0.2, 0.25) is 0 Å². The normalized spacial score (nSPS) is 18.9. The molecule has 1 N–H and O–H groups in total. The van der Waals surface area contributed by atoms with Gasteiger partial charge in [-0.25, -0.2) is 4.79 Å². The number of amides is 3. The van der Waals surface area contributed by atoms with Crippen molar-refractivity contribution in [3.63, 3.8) is 0 Å².